The largest absolute Gasteiger partial charge is 0.459 e. The van der Waals surface area contributed by atoms with Gasteiger partial charge in [0.1, 0.15) is 11.6 Å². The second-order valence-electron chi connectivity index (χ2n) is 3.61. The molecule has 0 amide bonds. The van der Waals surface area contributed by atoms with Gasteiger partial charge in [-0.3, -0.25) is 0 Å². The monoisotopic (exact) mass is 268 g/mol. The number of esters is 1. The van der Waals surface area contributed by atoms with Crippen molar-refractivity contribution in [3.05, 3.63) is 47.1 Å². The van der Waals surface area contributed by atoms with E-state index in [1.807, 2.05) is 0 Å². The van der Waals surface area contributed by atoms with Crippen LogP contribution in [0.15, 0.2) is 22.7 Å². The highest BCUT2D eigenvalue weighted by Gasteiger charge is 2.18. The van der Waals surface area contributed by atoms with Crippen molar-refractivity contribution in [3.8, 4) is 0 Å². The summed E-state index contributed by atoms with van der Waals surface area (Å²) in [5.74, 6) is -2.51. The van der Waals surface area contributed by atoms with Gasteiger partial charge in [-0.15, -0.1) is 0 Å². The van der Waals surface area contributed by atoms with Gasteiger partial charge in [0.25, 0.3) is 0 Å². The molecule has 0 unspecified atom stereocenters. The maximum Gasteiger partial charge on any atom is 0.397 e. The fraction of sp³-hybridized carbons (Fsp3) is 0.250. The Morgan fingerprint density at radius 2 is 2.05 bits per heavy atom. The smallest absolute Gasteiger partial charge is 0.397 e. The van der Waals surface area contributed by atoms with Crippen LogP contribution in [0.1, 0.15) is 29.0 Å². The molecule has 0 aliphatic carbocycles. The predicted octanol–water partition coefficient (Wildman–Crippen LogP) is 2.12. The Kier molecular flexibility index (Phi) is 3.84. The summed E-state index contributed by atoms with van der Waals surface area (Å²) in [5, 5.41) is 3.48. The van der Waals surface area contributed by atoms with Crippen molar-refractivity contribution in [2.24, 2.45) is 0 Å². The third kappa shape index (κ3) is 2.93. The van der Waals surface area contributed by atoms with Gasteiger partial charge in [0.15, 0.2) is 5.82 Å². The topological polar surface area (TPSA) is 65.2 Å². The van der Waals surface area contributed by atoms with Gasteiger partial charge in [-0.2, -0.15) is 4.98 Å². The summed E-state index contributed by atoms with van der Waals surface area (Å²) in [5.41, 5.74) is -0.182. The van der Waals surface area contributed by atoms with Crippen LogP contribution in [-0.2, 0) is 11.2 Å². The second kappa shape index (κ2) is 5.55. The third-order valence-electron chi connectivity index (χ3n) is 2.31. The molecule has 0 radical (unpaired) electrons. The molecule has 0 aliphatic heterocycles. The van der Waals surface area contributed by atoms with Crippen LogP contribution in [-0.4, -0.2) is 22.7 Å². The number of ether oxygens (including phenoxy) is 1. The van der Waals surface area contributed by atoms with E-state index in [2.05, 4.69) is 19.4 Å². The van der Waals surface area contributed by atoms with E-state index in [4.69, 9.17) is 0 Å². The van der Waals surface area contributed by atoms with Gasteiger partial charge < -0.3 is 9.26 Å². The van der Waals surface area contributed by atoms with Crippen LogP contribution in [0.2, 0.25) is 0 Å². The minimum Gasteiger partial charge on any atom is -0.459 e. The van der Waals surface area contributed by atoms with Crippen molar-refractivity contribution in [1.82, 2.24) is 10.1 Å². The van der Waals surface area contributed by atoms with Crippen LogP contribution in [0.25, 0.3) is 0 Å². The van der Waals surface area contributed by atoms with Gasteiger partial charge >= 0.3 is 11.9 Å². The molecule has 1 aromatic heterocycles. The molecule has 1 heterocycles. The molecule has 1 aromatic carbocycles. The number of nitrogens with zero attached hydrogens (tertiary/aromatic N) is 2. The second-order valence-corrected chi connectivity index (χ2v) is 3.61. The van der Waals surface area contributed by atoms with Crippen LogP contribution in [0.5, 0.6) is 0 Å². The number of hydrogen-bond acceptors (Lipinski definition) is 5. The van der Waals surface area contributed by atoms with E-state index in [1.54, 1.807) is 6.92 Å². The Balaban J connectivity index is 2.18. The molecule has 2 rings (SSSR count). The predicted molar refractivity (Wildman–Crippen MR) is 59.4 cm³/mol. The number of aromatic nitrogens is 2. The number of benzene rings is 1. The van der Waals surface area contributed by atoms with E-state index in [-0.39, 0.29) is 30.3 Å². The molecule has 0 saturated carbocycles. The summed E-state index contributed by atoms with van der Waals surface area (Å²) in [6, 6.07) is 3.52. The summed E-state index contributed by atoms with van der Waals surface area (Å²) in [7, 11) is 0. The van der Waals surface area contributed by atoms with Crippen LogP contribution < -0.4 is 0 Å². The Labute approximate surface area is 107 Å². The molecule has 7 heteroatoms. The van der Waals surface area contributed by atoms with E-state index in [1.165, 1.54) is 6.07 Å². The fourth-order valence-electron chi connectivity index (χ4n) is 1.46. The lowest BCUT2D eigenvalue weighted by Gasteiger charge is -2.00. The van der Waals surface area contributed by atoms with E-state index >= 15 is 0 Å². The first-order valence-electron chi connectivity index (χ1n) is 5.54. The third-order valence-corrected chi connectivity index (χ3v) is 2.31. The van der Waals surface area contributed by atoms with Crippen LogP contribution in [0.4, 0.5) is 8.78 Å². The van der Waals surface area contributed by atoms with E-state index in [0.717, 1.165) is 12.1 Å². The molecular weight excluding hydrogens is 258 g/mol. The molecule has 0 fully saturated rings. The van der Waals surface area contributed by atoms with Crippen molar-refractivity contribution in [1.29, 1.82) is 0 Å². The normalized spacial score (nSPS) is 10.5. The minimum atomic E-state index is -0.768. The molecule has 2 aromatic rings. The molecule has 0 aliphatic rings. The maximum absolute atomic E-state index is 13.4. The number of halogens is 2. The molecule has 0 atom stereocenters. The highest BCUT2D eigenvalue weighted by atomic mass is 19.1. The Hall–Kier alpha value is -2.31. The molecule has 0 spiro atoms. The summed E-state index contributed by atoms with van der Waals surface area (Å²) < 4.78 is 36.1. The maximum atomic E-state index is 13.4. The first kappa shape index (κ1) is 13.1. The van der Waals surface area contributed by atoms with Gasteiger partial charge in [0.05, 0.1) is 6.61 Å². The van der Waals surface area contributed by atoms with Crippen molar-refractivity contribution < 1.29 is 22.8 Å². The summed E-state index contributed by atoms with van der Waals surface area (Å²) in [6.45, 7) is 1.79. The molecule has 0 saturated heterocycles. The average molecular weight is 268 g/mol. The molecule has 0 bridgehead atoms. The fourth-order valence-corrected chi connectivity index (χ4v) is 1.46. The number of carbonyl (C=O) groups is 1. The average Bonchev–Trinajstić information content (AvgIpc) is 2.83. The van der Waals surface area contributed by atoms with Crippen LogP contribution in [0.3, 0.4) is 0 Å². The highest BCUT2D eigenvalue weighted by Crippen LogP contribution is 2.15. The number of rotatable bonds is 4. The van der Waals surface area contributed by atoms with Gasteiger partial charge in [-0.25, -0.2) is 13.6 Å². The minimum absolute atomic E-state index is 0.00653. The zero-order valence-corrected chi connectivity index (χ0v) is 10.0. The summed E-state index contributed by atoms with van der Waals surface area (Å²) >= 11 is 0. The van der Waals surface area contributed by atoms with E-state index < -0.39 is 17.6 Å². The zero-order valence-electron chi connectivity index (χ0n) is 10.0. The lowest BCUT2D eigenvalue weighted by atomic mass is 10.1. The number of hydrogen-bond donors (Lipinski definition) is 0. The Bertz CT molecular complexity index is 578. The standard InChI is InChI=1S/C12H10F2N2O3/c1-2-18-12(17)11-15-10(16-19-11)6-7-8(13)4-3-5-9(7)14/h3-5H,2,6H2,1H3. The SMILES string of the molecule is CCOC(=O)c1nc(Cc2c(F)cccc2F)no1. The van der Waals surface area contributed by atoms with E-state index in [0.29, 0.717) is 0 Å². The van der Waals surface area contributed by atoms with Crippen molar-refractivity contribution in [3.63, 3.8) is 0 Å². The Morgan fingerprint density at radius 3 is 2.68 bits per heavy atom. The Morgan fingerprint density at radius 1 is 1.37 bits per heavy atom. The van der Waals surface area contributed by atoms with Crippen LogP contribution >= 0.6 is 0 Å². The lowest BCUT2D eigenvalue weighted by Crippen LogP contribution is -2.05. The molecule has 100 valence electrons. The molecule has 0 N–H and O–H groups in total. The quantitative estimate of drug-likeness (QED) is 0.794. The molecule has 5 nitrogen and oxygen atoms in total. The van der Waals surface area contributed by atoms with Crippen molar-refractivity contribution >= 4 is 5.97 Å². The van der Waals surface area contributed by atoms with Crippen LogP contribution in [0, 0.1) is 11.6 Å². The van der Waals surface area contributed by atoms with E-state index in [9.17, 15) is 13.6 Å². The summed E-state index contributed by atoms with van der Waals surface area (Å²) in [4.78, 5) is 15.0. The van der Waals surface area contributed by atoms with Gasteiger partial charge in [0, 0.05) is 12.0 Å². The highest BCUT2D eigenvalue weighted by molar-refractivity contribution is 5.83. The van der Waals surface area contributed by atoms with Gasteiger partial charge in [-0.1, -0.05) is 11.2 Å². The molecule has 19 heavy (non-hydrogen) atoms. The first-order valence-corrected chi connectivity index (χ1v) is 5.54. The summed E-state index contributed by atoms with van der Waals surface area (Å²) in [6.07, 6.45) is -0.207. The molecular formula is C12H10F2N2O3. The first-order chi connectivity index (χ1) is 9.11. The van der Waals surface area contributed by atoms with Gasteiger partial charge in [-0.05, 0) is 19.1 Å². The zero-order chi connectivity index (χ0) is 13.8. The van der Waals surface area contributed by atoms with Gasteiger partial charge in [0.2, 0.25) is 0 Å². The number of carbonyl (C=O) groups excluding carboxylic acids is 1. The lowest BCUT2D eigenvalue weighted by molar-refractivity contribution is 0.0470. The van der Waals surface area contributed by atoms with Crippen molar-refractivity contribution in [2.45, 2.75) is 13.3 Å². The van der Waals surface area contributed by atoms with Crippen molar-refractivity contribution in [2.75, 3.05) is 6.61 Å².